The van der Waals surface area contributed by atoms with Crippen molar-refractivity contribution >= 4 is 5.78 Å². The first kappa shape index (κ1) is 14.0. The number of ketones is 1. The molecule has 1 fully saturated rings. The average molecular weight is 267 g/mol. The Labute approximate surface area is 112 Å². The predicted molar refractivity (Wildman–Crippen MR) is 69.1 cm³/mol. The molecule has 2 rings (SSSR count). The van der Waals surface area contributed by atoms with E-state index in [9.17, 15) is 9.18 Å². The minimum atomic E-state index is -0.514. The van der Waals surface area contributed by atoms with Crippen LogP contribution in [0.1, 0.15) is 16.8 Å². The highest BCUT2D eigenvalue weighted by Crippen LogP contribution is 2.18. The Bertz CT molecular complexity index is 458. The number of hydrogen-bond donors (Lipinski definition) is 0. The van der Waals surface area contributed by atoms with E-state index in [1.54, 1.807) is 6.07 Å². The van der Waals surface area contributed by atoms with Gasteiger partial charge in [0.2, 0.25) is 0 Å². The van der Waals surface area contributed by atoms with Crippen molar-refractivity contribution in [1.82, 2.24) is 4.90 Å². The van der Waals surface area contributed by atoms with Gasteiger partial charge in [0.1, 0.15) is 0 Å². The van der Waals surface area contributed by atoms with Gasteiger partial charge < -0.3 is 9.47 Å². The molecule has 0 aromatic heterocycles. The van der Waals surface area contributed by atoms with Crippen molar-refractivity contribution in [2.45, 2.75) is 12.5 Å². The fourth-order valence-electron chi connectivity index (χ4n) is 2.16. The highest BCUT2D eigenvalue weighted by molar-refractivity contribution is 5.97. The van der Waals surface area contributed by atoms with Gasteiger partial charge in [0.25, 0.3) is 0 Å². The first-order valence-corrected chi connectivity index (χ1v) is 6.26. The van der Waals surface area contributed by atoms with Gasteiger partial charge in [-0.05, 0) is 31.7 Å². The van der Waals surface area contributed by atoms with Gasteiger partial charge in [-0.2, -0.15) is 0 Å². The summed E-state index contributed by atoms with van der Waals surface area (Å²) in [6.07, 6.45) is 0.931. The molecule has 1 aliphatic rings. The zero-order valence-corrected chi connectivity index (χ0v) is 11.2. The monoisotopic (exact) mass is 267 g/mol. The third kappa shape index (κ3) is 3.30. The SMILES string of the molecule is COc1ccc(C(=O)CN(C)C2CCOC2)cc1F. The van der Waals surface area contributed by atoms with E-state index in [2.05, 4.69) is 0 Å². The van der Waals surface area contributed by atoms with Crippen molar-refractivity contribution in [3.05, 3.63) is 29.6 Å². The molecule has 1 unspecified atom stereocenters. The van der Waals surface area contributed by atoms with E-state index in [4.69, 9.17) is 9.47 Å². The Morgan fingerprint density at radius 3 is 2.95 bits per heavy atom. The van der Waals surface area contributed by atoms with E-state index >= 15 is 0 Å². The maximum atomic E-state index is 13.5. The van der Waals surface area contributed by atoms with Gasteiger partial charge in [0.15, 0.2) is 17.3 Å². The highest BCUT2D eigenvalue weighted by Gasteiger charge is 2.22. The van der Waals surface area contributed by atoms with Gasteiger partial charge in [-0.3, -0.25) is 9.69 Å². The minimum absolute atomic E-state index is 0.101. The van der Waals surface area contributed by atoms with Crippen molar-refractivity contribution in [2.75, 3.05) is 33.9 Å². The molecule has 19 heavy (non-hydrogen) atoms. The number of ether oxygens (including phenoxy) is 2. The van der Waals surface area contributed by atoms with Crippen LogP contribution in [0.4, 0.5) is 4.39 Å². The highest BCUT2D eigenvalue weighted by atomic mass is 19.1. The molecular weight excluding hydrogens is 249 g/mol. The molecule has 0 spiro atoms. The molecule has 1 heterocycles. The van der Waals surface area contributed by atoms with Crippen LogP contribution in [0.25, 0.3) is 0 Å². The summed E-state index contributed by atoms with van der Waals surface area (Å²) in [5.74, 6) is -0.467. The number of carbonyl (C=O) groups is 1. The lowest BCUT2D eigenvalue weighted by atomic mass is 10.1. The molecule has 0 saturated carbocycles. The molecule has 0 amide bonds. The van der Waals surface area contributed by atoms with Gasteiger partial charge in [0.05, 0.1) is 20.3 Å². The molecule has 0 bridgehead atoms. The molecule has 4 nitrogen and oxygen atoms in total. The predicted octanol–water partition coefficient (Wildman–Crippen LogP) is 1.74. The van der Waals surface area contributed by atoms with Gasteiger partial charge >= 0.3 is 0 Å². The van der Waals surface area contributed by atoms with Crippen LogP contribution in [0.3, 0.4) is 0 Å². The Hall–Kier alpha value is -1.46. The lowest BCUT2D eigenvalue weighted by Crippen LogP contribution is -2.36. The number of halogens is 1. The van der Waals surface area contributed by atoms with Crippen LogP contribution < -0.4 is 4.74 Å². The van der Waals surface area contributed by atoms with Crippen molar-refractivity contribution in [1.29, 1.82) is 0 Å². The van der Waals surface area contributed by atoms with E-state index in [1.807, 2.05) is 11.9 Å². The van der Waals surface area contributed by atoms with Crippen LogP contribution in [0.2, 0.25) is 0 Å². The molecule has 1 atom stereocenters. The summed E-state index contributed by atoms with van der Waals surface area (Å²) < 4.78 is 23.7. The second-order valence-corrected chi connectivity index (χ2v) is 4.71. The number of methoxy groups -OCH3 is 1. The van der Waals surface area contributed by atoms with Gasteiger partial charge in [0, 0.05) is 18.2 Å². The molecule has 104 valence electrons. The van der Waals surface area contributed by atoms with Crippen molar-refractivity contribution in [3.63, 3.8) is 0 Å². The first-order chi connectivity index (χ1) is 9.11. The number of hydrogen-bond acceptors (Lipinski definition) is 4. The molecule has 0 aliphatic carbocycles. The molecule has 1 aromatic rings. The maximum absolute atomic E-state index is 13.5. The van der Waals surface area contributed by atoms with Crippen molar-refractivity contribution in [2.24, 2.45) is 0 Å². The fraction of sp³-hybridized carbons (Fsp3) is 0.500. The minimum Gasteiger partial charge on any atom is -0.494 e. The van der Waals surface area contributed by atoms with Crippen LogP contribution >= 0.6 is 0 Å². The summed E-state index contributed by atoms with van der Waals surface area (Å²) in [4.78, 5) is 14.0. The van der Waals surface area contributed by atoms with Gasteiger partial charge in [-0.25, -0.2) is 4.39 Å². The Morgan fingerprint density at radius 1 is 1.58 bits per heavy atom. The number of likely N-dealkylation sites (N-methyl/N-ethyl adjacent to an activating group) is 1. The molecule has 1 aliphatic heterocycles. The quantitative estimate of drug-likeness (QED) is 0.762. The molecule has 0 radical (unpaired) electrons. The van der Waals surface area contributed by atoms with Crippen molar-refractivity contribution in [3.8, 4) is 5.75 Å². The summed E-state index contributed by atoms with van der Waals surface area (Å²) >= 11 is 0. The van der Waals surface area contributed by atoms with E-state index in [0.717, 1.165) is 13.0 Å². The average Bonchev–Trinajstić information content (AvgIpc) is 2.92. The van der Waals surface area contributed by atoms with Crippen LogP contribution in [0.15, 0.2) is 18.2 Å². The normalized spacial score (nSPS) is 18.8. The number of nitrogens with zero attached hydrogens (tertiary/aromatic N) is 1. The zero-order chi connectivity index (χ0) is 13.8. The molecule has 5 heteroatoms. The Kier molecular flexibility index (Phi) is 4.50. The topological polar surface area (TPSA) is 38.8 Å². The summed E-state index contributed by atoms with van der Waals surface area (Å²) in [6.45, 7) is 1.65. The molecule has 1 aromatic carbocycles. The smallest absolute Gasteiger partial charge is 0.176 e. The lowest BCUT2D eigenvalue weighted by Gasteiger charge is -2.21. The summed E-state index contributed by atoms with van der Waals surface area (Å²) in [6, 6.07) is 4.55. The number of rotatable bonds is 5. The molecular formula is C14H18FNO3. The van der Waals surface area contributed by atoms with Crippen LogP contribution in [-0.2, 0) is 4.74 Å². The van der Waals surface area contributed by atoms with E-state index in [-0.39, 0.29) is 24.1 Å². The Morgan fingerprint density at radius 2 is 2.37 bits per heavy atom. The van der Waals surface area contributed by atoms with Crippen LogP contribution in [0.5, 0.6) is 5.75 Å². The fourth-order valence-corrected chi connectivity index (χ4v) is 2.16. The number of benzene rings is 1. The second kappa shape index (κ2) is 6.12. The Balaban J connectivity index is 2.01. The third-order valence-corrected chi connectivity index (χ3v) is 3.40. The number of carbonyl (C=O) groups excluding carboxylic acids is 1. The van der Waals surface area contributed by atoms with Crippen LogP contribution in [0, 0.1) is 5.82 Å². The standard InChI is InChI=1S/C14H18FNO3/c1-16(11-5-6-19-9-11)8-13(17)10-3-4-14(18-2)12(15)7-10/h3-4,7,11H,5-6,8-9H2,1-2H3. The first-order valence-electron chi connectivity index (χ1n) is 6.26. The summed E-state index contributed by atoms with van der Waals surface area (Å²) in [7, 11) is 3.28. The van der Waals surface area contributed by atoms with Gasteiger partial charge in [-0.1, -0.05) is 0 Å². The van der Waals surface area contributed by atoms with Gasteiger partial charge in [-0.15, -0.1) is 0 Å². The van der Waals surface area contributed by atoms with E-state index < -0.39 is 5.82 Å². The largest absolute Gasteiger partial charge is 0.494 e. The third-order valence-electron chi connectivity index (χ3n) is 3.40. The summed E-state index contributed by atoms with van der Waals surface area (Å²) in [5, 5.41) is 0. The van der Waals surface area contributed by atoms with Crippen molar-refractivity contribution < 1.29 is 18.7 Å². The molecule has 0 N–H and O–H groups in total. The van der Waals surface area contributed by atoms with E-state index in [1.165, 1.54) is 19.2 Å². The number of Topliss-reactive ketones (excluding diaryl/α,β-unsaturated/α-hetero) is 1. The zero-order valence-electron chi connectivity index (χ0n) is 11.2. The van der Waals surface area contributed by atoms with Crippen LogP contribution in [-0.4, -0.2) is 50.6 Å². The lowest BCUT2D eigenvalue weighted by molar-refractivity contribution is 0.0906. The second-order valence-electron chi connectivity index (χ2n) is 4.71. The summed E-state index contributed by atoms with van der Waals surface area (Å²) in [5.41, 5.74) is 0.365. The molecule has 1 saturated heterocycles. The van der Waals surface area contributed by atoms with E-state index in [0.29, 0.717) is 12.2 Å². The maximum Gasteiger partial charge on any atom is 0.176 e.